The Labute approximate surface area is 125 Å². The van der Waals surface area contributed by atoms with E-state index in [-0.39, 0.29) is 11.7 Å². The fourth-order valence-corrected chi connectivity index (χ4v) is 2.91. The largest absolute Gasteiger partial charge is 0.386 e. The summed E-state index contributed by atoms with van der Waals surface area (Å²) in [6, 6.07) is 2.89. The van der Waals surface area contributed by atoms with Crippen LogP contribution in [0.4, 0.5) is 4.39 Å². The summed E-state index contributed by atoms with van der Waals surface area (Å²) in [5.41, 5.74) is 0.530. The standard InChI is InChI=1S/C16H25FN2O2/c1-3-21-14-5-4-8-19(11-14)10-12(2)16(20)15-7-6-13(17)9-18-15/h6-7,9,12,14,16,20H,3-5,8,10-11H2,1-2H3. The number of piperidine rings is 1. The van der Waals surface area contributed by atoms with Gasteiger partial charge < -0.3 is 14.7 Å². The molecule has 0 amide bonds. The smallest absolute Gasteiger partial charge is 0.141 e. The molecule has 2 heterocycles. The van der Waals surface area contributed by atoms with Crippen molar-refractivity contribution in [3.63, 3.8) is 0 Å². The van der Waals surface area contributed by atoms with Crippen LogP contribution in [0.3, 0.4) is 0 Å². The molecule has 3 unspecified atom stereocenters. The maximum absolute atomic E-state index is 12.9. The van der Waals surface area contributed by atoms with Gasteiger partial charge in [0.1, 0.15) is 5.82 Å². The van der Waals surface area contributed by atoms with Gasteiger partial charge in [0.05, 0.1) is 24.1 Å². The van der Waals surface area contributed by atoms with Crippen LogP contribution in [0.2, 0.25) is 0 Å². The van der Waals surface area contributed by atoms with Gasteiger partial charge in [-0.1, -0.05) is 6.92 Å². The van der Waals surface area contributed by atoms with E-state index in [4.69, 9.17) is 4.74 Å². The minimum Gasteiger partial charge on any atom is -0.386 e. The van der Waals surface area contributed by atoms with Gasteiger partial charge in [0.2, 0.25) is 0 Å². The Kier molecular flexibility index (Phi) is 6.08. The normalized spacial score (nSPS) is 23.0. The zero-order valence-electron chi connectivity index (χ0n) is 12.8. The van der Waals surface area contributed by atoms with Crippen molar-refractivity contribution in [3.05, 3.63) is 29.8 Å². The topological polar surface area (TPSA) is 45.6 Å². The Bertz CT molecular complexity index is 425. The summed E-state index contributed by atoms with van der Waals surface area (Å²) in [5.74, 6) is -0.336. The Morgan fingerprint density at radius 3 is 3.00 bits per heavy atom. The van der Waals surface area contributed by atoms with Crippen molar-refractivity contribution in [1.82, 2.24) is 9.88 Å². The van der Waals surface area contributed by atoms with E-state index < -0.39 is 6.10 Å². The molecule has 3 atom stereocenters. The second-order valence-electron chi connectivity index (χ2n) is 5.80. The van der Waals surface area contributed by atoms with Crippen molar-refractivity contribution >= 4 is 0 Å². The van der Waals surface area contributed by atoms with Gasteiger partial charge >= 0.3 is 0 Å². The van der Waals surface area contributed by atoms with Gasteiger partial charge in [-0.3, -0.25) is 4.98 Å². The highest BCUT2D eigenvalue weighted by Crippen LogP contribution is 2.23. The molecule has 1 fully saturated rings. The molecule has 0 aromatic carbocycles. The molecule has 1 aliphatic rings. The van der Waals surface area contributed by atoms with Gasteiger partial charge in [-0.2, -0.15) is 0 Å². The average Bonchev–Trinajstić information content (AvgIpc) is 2.48. The van der Waals surface area contributed by atoms with Crippen molar-refractivity contribution in [2.24, 2.45) is 5.92 Å². The maximum atomic E-state index is 12.9. The molecule has 0 bridgehead atoms. The monoisotopic (exact) mass is 296 g/mol. The van der Waals surface area contributed by atoms with E-state index in [2.05, 4.69) is 9.88 Å². The summed E-state index contributed by atoms with van der Waals surface area (Å²) < 4.78 is 18.6. The minimum absolute atomic E-state index is 0.0448. The van der Waals surface area contributed by atoms with Crippen LogP contribution in [-0.2, 0) is 4.74 Å². The first-order chi connectivity index (χ1) is 10.1. The van der Waals surface area contributed by atoms with Gasteiger partial charge in [-0.15, -0.1) is 0 Å². The van der Waals surface area contributed by atoms with E-state index in [0.717, 1.165) is 45.3 Å². The third-order valence-electron chi connectivity index (χ3n) is 4.00. The lowest BCUT2D eigenvalue weighted by atomic mass is 9.99. The molecular weight excluding hydrogens is 271 g/mol. The second kappa shape index (κ2) is 7.82. The van der Waals surface area contributed by atoms with Crippen LogP contribution in [0, 0.1) is 11.7 Å². The molecule has 1 aliphatic heterocycles. The van der Waals surface area contributed by atoms with E-state index in [9.17, 15) is 9.50 Å². The average molecular weight is 296 g/mol. The summed E-state index contributed by atoms with van der Waals surface area (Å²) in [6.45, 7) is 7.52. The summed E-state index contributed by atoms with van der Waals surface area (Å²) >= 11 is 0. The lowest BCUT2D eigenvalue weighted by molar-refractivity contribution is -0.00638. The predicted molar refractivity (Wildman–Crippen MR) is 79.4 cm³/mol. The van der Waals surface area contributed by atoms with E-state index in [0.29, 0.717) is 11.8 Å². The first-order valence-electron chi connectivity index (χ1n) is 7.73. The van der Waals surface area contributed by atoms with Crippen molar-refractivity contribution in [3.8, 4) is 0 Å². The SMILES string of the molecule is CCOC1CCCN(CC(C)C(O)c2ccc(F)cn2)C1. The molecule has 1 aromatic heterocycles. The molecule has 5 heteroatoms. The number of aliphatic hydroxyl groups excluding tert-OH is 1. The summed E-state index contributed by atoms with van der Waals surface area (Å²) in [6.07, 6.45) is 3.02. The molecular formula is C16H25FN2O2. The minimum atomic E-state index is -0.668. The first kappa shape index (κ1) is 16.3. The molecule has 0 aliphatic carbocycles. The molecule has 0 spiro atoms. The molecule has 0 radical (unpaired) electrons. The number of aliphatic hydroxyl groups is 1. The number of ether oxygens (including phenoxy) is 1. The number of aromatic nitrogens is 1. The molecule has 4 nitrogen and oxygen atoms in total. The highest BCUT2D eigenvalue weighted by Gasteiger charge is 2.25. The number of likely N-dealkylation sites (tertiary alicyclic amines) is 1. The zero-order valence-corrected chi connectivity index (χ0v) is 12.8. The van der Waals surface area contributed by atoms with Crippen LogP contribution in [0.15, 0.2) is 18.3 Å². The predicted octanol–water partition coefficient (Wildman–Crippen LogP) is 2.39. The van der Waals surface area contributed by atoms with Gasteiger partial charge in [0, 0.05) is 25.6 Å². The highest BCUT2D eigenvalue weighted by molar-refractivity contribution is 5.09. The molecule has 2 rings (SSSR count). The Morgan fingerprint density at radius 1 is 1.52 bits per heavy atom. The Hall–Kier alpha value is -1.04. The number of pyridine rings is 1. The van der Waals surface area contributed by atoms with Crippen LogP contribution in [-0.4, -0.2) is 47.3 Å². The number of hydrogen-bond donors (Lipinski definition) is 1. The highest BCUT2D eigenvalue weighted by atomic mass is 19.1. The summed E-state index contributed by atoms with van der Waals surface area (Å²) in [7, 11) is 0. The van der Waals surface area contributed by atoms with Crippen LogP contribution >= 0.6 is 0 Å². The van der Waals surface area contributed by atoms with Crippen LogP contribution in [0.1, 0.15) is 38.5 Å². The zero-order chi connectivity index (χ0) is 15.2. The van der Waals surface area contributed by atoms with Crippen molar-refractivity contribution < 1.29 is 14.2 Å². The summed E-state index contributed by atoms with van der Waals surface area (Å²) in [4.78, 5) is 6.30. The van der Waals surface area contributed by atoms with E-state index in [1.54, 1.807) is 6.07 Å². The Balaban J connectivity index is 1.88. The number of hydrogen-bond acceptors (Lipinski definition) is 4. The number of nitrogens with zero attached hydrogens (tertiary/aromatic N) is 2. The van der Waals surface area contributed by atoms with Crippen molar-refractivity contribution in [2.75, 3.05) is 26.2 Å². The van der Waals surface area contributed by atoms with Crippen molar-refractivity contribution in [2.45, 2.75) is 38.9 Å². The second-order valence-corrected chi connectivity index (χ2v) is 5.80. The molecule has 0 saturated carbocycles. The van der Waals surface area contributed by atoms with Gasteiger partial charge in [-0.25, -0.2) is 4.39 Å². The quantitative estimate of drug-likeness (QED) is 0.875. The van der Waals surface area contributed by atoms with E-state index in [1.807, 2.05) is 13.8 Å². The van der Waals surface area contributed by atoms with Crippen LogP contribution in [0.5, 0.6) is 0 Å². The van der Waals surface area contributed by atoms with Gasteiger partial charge in [-0.05, 0) is 38.4 Å². The number of rotatable bonds is 6. The molecule has 118 valence electrons. The molecule has 1 aromatic rings. The maximum Gasteiger partial charge on any atom is 0.141 e. The third-order valence-corrected chi connectivity index (χ3v) is 4.00. The molecule has 1 N–H and O–H groups in total. The molecule has 1 saturated heterocycles. The van der Waals surface area contributed by atoms with Crippen LogP contribution in [0.25, 0.3) is 0 Å². The lowest BCUT2D eigenvalue weighted by Gasteiger charge is -2.34. The number of halogens is 1. The van der Waals surface area contributed by atoms with Crippen LogP contribution < -0.4 is 0 Å². The summed E-state index contributed by atoms with van der Waals surface area (Å²) in [5, 5.41) is 10.3. The van der Waals surface area contributed by atoms with Crippen molar-refractivity contribution in [1.29, 1.82) is 0 Å². The Morgan fingerprint density at radius 2 is 2.33 bits per heavy atom. The lowest BCUT2D eigenvalue weighted by Crippen LogP contribution is -2.42. The fourth-order valence-electron chi connectivity index (χ4n) is 2.91. The first-order valence-corrected chi connectivity index (χ1v) is 7.73. The fraction of sp³-hybridized carbons (Fsp3) is 0.688. The van der Waals surface area contributed by atoms with Gasteiger partial charge in [0.15, 0.2) is 0 Å². The van der Waals surface area contributed by atoms with E-state index >= 15 is 0 Å². The van der Waals surface area contributed by atoms with E-state index in [1.165, 1.54) is 6.07 Å². The van der Waals surface area contributed by atoms with Gasteiger partial charge in [0.25, 0.3) is 0 Å². The third kappa shape index (κ3) is 4.73. The molecule has 21 heavy (non-hydrogen) atoms.